The summed E-state index contributed by atoms with van der Waals surface area (Å²) in [6, 6.07) is 1.58. The van der Waals surface area contributed by atoms with E-state index in [1.165, 1.54) is 51.5 Å². The Morgan fingerprint density at radius 3 is 2.39 bits per heavy atom. The Labute approximate surface area is 111 Å². The molecule has 1 amide bonds. The molecule has 2 saturated heterocycles. The fourth-order valence-corrected chi connectivity index (χ4v) is 3.63. The van der Waals surface area contributed by atoms with Crippen LogP contribution < -0.4 is 0 Å². The van der Waals surface area contributed by atoms with Crippen LogP contribution in [-0.4, -0.2) is 47.4 Å². The zero-order valence-electron chi connectivity index (χ0n) is 11.4. The van der Waals surface area contributed by atoms with E-state index >= 15 is 0 Å². The van der Waals surface area contributed by atoms with Crippen molar-refractivity contribution in [3.05, 3.63) is 0 Å². The Morgan fingerprint density at radius 1 is 0.944 bits per heavy atom. The maximum atomic E-state index is 12.1. The minimum Gasteiger partial charge on any atom is -0.343 e. The first-order valence-electron chi connectivity index (χ1n) is 7.88. The summed E-state index contributed by atoms with van der Waals surface area (Å²) < 4.78 is 0. The van der Waals surface area contributed by atoms with Gasteiger partial charge in [-0.2, -0.15) is 0 Å². The Morgan fingerprint density at radius 2 is 1.67 bits per heavy atom. The van der Waals surface area contributed by atoms with Gasteiger partial charge in [-0.3, -0.25) is 9.69 Å². The maximum Gasteiger partial charge on any atom is 0.222 e. The van der Waals surface area contributed by atoms with Crippen LogP contribution in [0.25, 0.3) is 0 Å². The van der Waals surface area contributed by atoms with Gasteiger partial charge in [-0.25, -0.2) is 0 Å². The zero-order valence-corrected chi connectivity index (χ0v) is 11.4. The summed E-state index contributed by atoms with van der Waals surface area (Å²) in [4.78, 5) is 16.9. The summed E-state index contributed by atoms with van der Waals surface area (Å²) in [5.74, 6) is 0.411. The largest absolute Gasteiger partial charge is 0.343 e. The second-order valence-corrected chi connectivity index (χ2v) is 6.25. The molecule has 3 rings (SSSR count). The lowest BCUT2D eigenvalue weighted by Gasteiger charge is -2.36. The molecule has 0 bridgehead atoms. The molecule has 0 spiro atoms. The van der Waals surface area contributed by atoms with E-state index in [0.717, 1.165) is 32.0 Å². The number of carbonyl (C=O) groups is 1. The number of carbonyl (C=O) groups excluding carboxylic acids is 1. The van der Waals surface area contributed by atoms with Crippen LogP contribution in [0.3, 0.4) is 0 Å². The fraction of sp³-hybridized carbons (Fsp3) is 0.933. The van der Waals surface area contributed by atoms with Gasteiger partial charge in [-0.15, -0.1) is 0 Å². The molecule has 3 heteroatoms. The molecule has 0 aromatic carbocycles. The zero-order chi connectivity index (χ0) is 12.4. The second kappa shape index (κ2) is 5.60. The van der Waals surface area contributed by atoms with Crippen molar-refractivity contribution in [3.63, 3.8) is 0 Å². The van der Waals surface area contributed by atoms with Crippen molar-refractivity contribution < 1.29 is 4.79 Å². The molecule has 1 atom stereocenters. The Bertz CT molecular complexity index is 295. The van der Waals surface area contributed by atoms with Crippen LogP contribution in [-0.2, 0) is 4.79 Å². The molecule has 0 N–H and O–H groups in total. The van der Waals surface area contributed by atoms with Gasteiger partial charge < -0.3 is 4.90 Å². The summed E-state index contributed by atoms with van der Waals surface area (Å²) in [7, 11) is 0. The molecule has 0 radical (unpaired) electrons. The van der Waals surface area contributed by atoms with Crippen molar-refractivity contribution in [1.82, 2.24) is 9.80 Å². The summed E-state index contributed by atoms with van der Waals surface area (Å²) in [5, 5.41) is 0. The van der Waals surface area contributed by atoms with Gasteiger partial charge in [0.05, 0.1) is 0 Å². The van der Waals surface area contributed by atoms with Crippen LogP contribution in [0.15, 0.2) is 0 Å². The van der Waals surface area contributed by atoms with Gasteiger partial charge >= 0.3 is 0 Å². The molecular formula is C15H26N2O. The van der Waals surface area contributed by atoms with Gasteiger partial charge in [0.2, 0.25) is 5.91 Å². The highest BCUT2D eigenvalue weighted by Crippen LogP contribution is 2.34. The molecule has 0 aromatic rings. The van der Waals surface area contributed by atoms with Gasteiger partial charge in [0.1, 0.15) is 0 Å². The number of rotatable bonds is 4. The molecule has 1 unspecified atom stereocenters. The Hall–Kier alpha value is -0.570. The molecule has 102 valence electrons. The molecule has 3 nitrogen and oxygen atoms in total. The molecular weight excluding hydrogens is 224 g/mol. The summed E-state index contributed by atoms with van der Waals surface area (Å²) in [5.41, 5.74) is 0. The monoisotopic (exact) mass is 250 g/mol. The third kappa shape index (κ3) is 2.87. The van der Waals surface area contributed by atoms with Crippen LogP contribution in [0, 0.1) is 0 Å². The molecule has 2 aliphatic heterocycles. The number of hydrogen-bond acceptors (Lipinski definition) is 2. The van der Waals surface area contributed by atoms with Crippen molar-refractivity contribution >= 4 is 5.91 Å². The van der Waals surface area contributed by atoms with Crippen molar-refractivity contribution in [2.24, 2.45) is 0 Å². The van der Waals surface area contributed by atoms with Crippen molar-refractivity contribution in [1.29, 1.82) is 0 Å². The fourth-order valence-electron chi connectivity index (χ4n) is 3.63. The van der Waals surface area contributed by atoms with E-state index in [1.54, 1.807) is 0 Å². The van der Waals surface area contributed by atoms with E-state index in [4.69, 9.17) is 0 Å². The summed E-state index contributed by atoms with van der Waals surface area (Å²) in [6.45, 7) is 3.30. The smallest absolute Gasteiger partial charge is 0.222 e. The first kappa shape index (κ1) is 12.5. The van der Waals surface area contributed by atoms with Crippen LogP contribution in [0.1, 0.15) is 57.8 Å². The van der Waals surface area contributed by atoms with Crippen LogP contribution in [0.5, 0.6) is 0 Å². The van der Waals surface area contributed by atoms with E-state index in [1.807, 2.05) is 0 Å². The maximum absolute atomic E-state index is 12.1. The topological polar surface area (TPSA) is 23.6 Å². The second-order valence-electron chi connectivity index (χ2n) is 6.25. The van der Waals surface area contributed by atoms with Crippen molar-refractivity contribution in [2.75, 3.05) is 19.6 Å². The predicted molar refractivity (Wildman–Crippen MR) is 72.4 cm³/mol. The Kier molecular flexibility index (Phi) is 3.88. The van der Waals surface area contributed by atoms with E-state index in [2.05, 4.69) is 9.80 Å². The molecule has 1 aliphatic carbocycles. The van der Waals surface area contributed by atoms with E-state index in [0.29, 0.717) is 11.9 Å². The van der Waals surface area contributed by atoms with Gasteiger partial charge in [0.25, 0.3) is 0 Å². The van der Waals surface area contributed by atoms with Crippen molar-refractivity contribution in [2.45, 2.75) is 69.9 Å². The lowest BCUT2D eigenvalue weighted by atomic mass is 9.97. The normalized spacial score (nSPS) is 29.8. The van der Waals surface area contributed by atoms with Gasteiger partial charge in [-0.1, -0.05) is 6.42 Å². The highest BCUT2D eigenvalue weighted by atomic mass is 16.2. The first-order chi connectivity index (χ1) is 8.84. The molecule has 3 fully saturated rings. The van der Waals surface area contributed by atoms with E-state index in [9.17, 15) is 4.79 Å². The lowest BCUT2D eigenvalue weighted by molar-refractivity contribution is -0.130. The molecule has 3 aliphatic rings. The standard InChI is InChI=1S/C15H26N2O/c18-15(16-10-3-4-11-16)9-8-13-5-1-2-12-17(13)14-6-7-14/h13-14H,1-12H2. The molecule has 18 heavy (non-hydrogen) atoms. The van der Waals surface area contributed by atoms with E-state index in [-0.39, 0.29) is 0 Å². The van der Waals surface area contributed by atoms with Crippen molar-refractivity contribution in [3.8, 4) is 0 Å². The summed E-state index contributed by atoms with van der Waals surface area (Å²) in [6.07, 6.45) is 11.2. The van der Waals surface area contributed by atoms with E-state index < -0.39 is 0 Å². The van der Waals surface area contributed by atoms with Gasteiger partial charge in [-0.05, 0) is 51.5 Å². The number of piperidine rings is 1. The SMILES string of the molecule is O=C(CCC1CCCCN1C1CC1)N1CCCC1. The molecule has 1 saturated carbocycles. The number of amides is 1. The van der Waals surface area contributed by atoms with Crippen LogP contribution >= 0.6 is 0 Å². The Balaban J connectivity index is 1.46. The average molecular weight is 250 g/mol. The quantitative estimate of drug-likeness (QED) is 0.765. The minimum atomic E-state index is 0.411. The number of nitrogens with zero attached hydrogens (tertiary/aromatic N) is 2. The average Bonchev–Trinajstić information content (AvgIpc) is 3.10. The first-order valence-corrected chi connectivity index (χ1v) is 7.88. The highest BCUT2D eigenvalue weighted by Gasteiger charge is 2.35. The highest BCUT2D eigenvalue weighted by molar-refractivity contribution is 5.76. The summed E-state index contributed by atoms with van der Waals surface area (Å²) >= 11 is 0. The number of likely N-dealkylation sites (tertiary alicyclic amines) is 2. The van der Waals surface area contributed by atoms with Crippen LogP contribution in [0.2, 0.25) is 0 Å². The number of hydrogen-bond donors (Lipinski definition) is 0. The minimum absolute atomic E-state index is 0.411. The lowest BCUT2D eigenvalue weighted by Crippen LogP contribution is -2.41. The molecule has 2 heterocycles. The predicted octanol–water partition coefficient (Wildman–Crippen LogP) is 2.41. The molecule has 0 aromatic heterocycles. The third-order valence-electron chi connectivity index (χ3n) is 4.84. The van der Waals surface area contributed by atoms with Gasteiger partial charge in [0, 0.05) is 31.6 Å². The third-order valence-corrected chi connectivity index (χ3v) is 4.84. The van der Waals surface area contributed by atoms with Crippen LogP contribution in [0.4, 0.5) is 0 Å². The van der Waals surface area contributed by atoms with Gasteiger partial charge in [0.15, 0.2) is 0 Å².